The Labute approximate surface area is 127 Å². The third-order valence-electron chi connectivity index (χ3n) is 3.78. The number of benzene rings is 1. The first-order chi connectivity index (χ1) is 9.67. The molecule has 1 unspecified atom stereocenters. The Kier molecular flexibility index (Phi) is 8.88. The van der Waals surface area contributed by atoms with E-state index in [9.17, 15) is 4.39 Å². The summed E-state index contributed by atoms with van der Waals surface area (Å²) in [4.78, 5) is 0. The van der Waals surface area contributed by atoms with Gasteiger partial charge in [-0.25, -0.2) is 4.39 Å². The molecule has 0 amide bonds. The van der Waals surface area contributed by atoms with Crippen molar-refractivity contribution in [2.75, 3.05) is 7.05 Å². The molecule has 1 aromatic rings. The van der Waals surface area contributed by atoms with Crippen molar-refractivity contribution in [2.45, 2.75) is 64.3 Å². The normalized spacial score (nSPS) is 12.6. The van der Waals surface area contributed by atoms with Gasteiger partial charge < -0.3 is 5.32 Å². The molecule has 1 N–H and O–H groups in total. The largest absolute Gasteiger partial charge is 0.317 e. The van der Waals surface area contributed by atoms with E-state index in [1.54, 1.807) is 6.07 Å². The summed E-state index contributed by atoms with van der Waals surface area (Å²) in [5, 5.41) is 3.57. The zero-order valence-corrected chi connectivity index (χ0v) is 13.5. The first kappa shape index (κ1) is 17.5. The van der Waals surface area contributed by atoms with Gasteiger partial charge >= 0.3 is 0 Å². The van der Waals surface area contributed by atoms with E-state index in [4.69, 9.17) is 11.6 Å². The average Bonchev–Trinajstić information content (AvgIpc) is 2.45. The maximum absolute atomic E-state index is 13.1. The van der Waals surface area contributed by atoms with Crippen LogP contribution < -0.4 is 5.32 Å². The van der Waals surface area contributed by atoms with Gasteiger partial charge in [0.05, 0.1) is 5.02 Å². The van der Waals surface area contributed by atoms with Crippen LogP contribution in [0.2, 0.25) is 5.02 Å². The van der Waals surface area contributed by atoms with Gasteiger partial charge in [-0.2, -0.15) is 0 Å². The molecule has 20 heavy (non-hydrogen) atoms. The van der Waals surface area contributed by atoms with Crippen molar-refractivity contribution >= 4 is 11.6 Å². The Bertz CT molecular complexity index is 381. The van der Waals surface area contributed by atoms with E-state index >= 15 is 0 Å². The van der Waals surface area contributed by atoms with Crippen molar-refractivity contribution in [2.24, 2.45) is 0 Å². The van der Waals surface area contributed by atoms with Crippen molar-refractivity contribution < 1.29 is 4.39 Å². The summed E-state index contributed by atoms with van der Waals surface area (Å²) in [5.74, 6) is -0.340. The van der Waals surface area contributed by atoms with Crippen LogP contribution in [0.1, 0.15) is 57.4 Å². The molecule has 1 rings (SSSR count). The molecule has 0 saturated heterocycles. The molecule has 0 aliphatic heterocycles. The quantitative estimate of drug-likeness (QED) is 0.573. The van der Waals surface area contributed by atoms with E-state index in [-0.39, 0.29) is 10.8 Å². The topological polar surface area (TPSA) is 12.0 Å². The number of hydrogen-bond acceptors (Lipinski definition) is 1. The zero-order chi connectivity index (χ0) is 14.8. The monoisotopic (exact) mass is 299 g/mol. The minimum Gasteiger partial charge on any atom is -0.317 e. The maximum atomic E-state index is 13.1. The Balaban J connectivity index is 2.29. The van der Waals surface area contributed by atoms with Gasteiger partial charge in [-0.15, -0.1) is 0 Å². The van der Waals surface area contributed by atoms with Crippen LogP contribution in [0.5, 0.6) is 0 Å². The molecule has 1 nitrogen and oxygen atoms in total. The fourth-order valence-corrected chi connectivity index (χ4v) is 2.67. The molecule has 0 fully saturated rings. The van der Waals surface area contributed by atoms with E-state index in [0.29, 0.717) is 6.04 Å². The molecular weight excluding hydrogens is 273 g/mol. The van der Waals surface area contributed by atoms with Gasteiger partial charge in [0, 0.05) is 6.04 Å². The average molecular weight is 300 g/mol. The Hall–Kier alpha value is -0.600. The number of nitrogens with one attached hydrogen (secondary N) is 1. The van der Waals surface area contributed by atoms with Crippen molar-refractivity contribution in [1.29, 1.82) is 0 Å². The van der Waals surface area contributed by atoms with Crippen LogP contribution in [0.25, 0.3) is 0 Å². The van der Waals surface area contributed by atoms with Gasteiger partial charge in [0.15, 0.2) is 0 Å². The Morgan fingerprint density at radius 1 is 1.15 bits per heavy atom. The molecule has 0 aromatic heterocycles. The summed E-state index contributed by atoms with van der Waals surface area (Å²) in [6.45, 7) is 2.24. The van der Waals surface area contributed by atoms with Gasteiger partial charge in [-0.05, 0) is 37.6 Å². The first-order valence-electron chi connectivity index (χ1n) is 7.78. The number of hydrogen-bond donors (Lipinski definition) is 1. The number of rotatable bonds is 10. The second-order valence-electron chi connectivity index (χ2n) is 5.49. The van der Waals surface area contributed by atoms with Crippen LogP contribution in [-0.2, 0) is 6.42 Å². The van der Waals surface area contributed by atoms with E-state index in [2.05, 4.69) is 12.2 Å². The SMILES string of the molecule is CCCCCCCCC(Cc1ccc(F)c(Cl)c1)NC. The smallest absolute Gasteiger partial charge is 0.141 e. The van der Waals surface area contributed by atoms with E-state index in [1.165, 1.54) is 44.6 Å². The van der Waals surface area contributed by atoms with Crippen LogP contribution in [0.4, 0.5) is 4.39 Å². The number of unbranched alkanes of at least 4 members (excludes halogenated alkanes) is 5. The summed E-state index contributed by atoms with van der Waals surface area (Å²) in [6, 6.07) is 5.47. The standard InChI is InChI=1S/C17H27ClFN/c1-3-4-5-6-7-8-9-15(20-2)12-14-10-11-17(19)16(18)13-14/h10-11,13,15,20H,3-9,12H2,1-2H3. The van der Waals surface area contributed by atoms with Crippen LogP contribution in [0.3, 0.4) is 0 Å². The van der Waals surface area contributed by atoms with Crippen molar-refractivity contribution in [3.8, 4) is 0 Å². The Morgan fingerprint density at radius 2 is 1.85 bits per heavy atom. The van der Waals surface area contributed by atoms with E-state index in [1.807, 2.05) is 13.1 Å². The Morgan fingerprint density at radius 3 is 2.50 bits per heavy atom. The lowest BCUT2D eigenvalue weighted by Gasteiger charge is -2.16. The van der Waals surface area contributed by atoms with Gasteiger partial charge in [-0.3, -0.25) is 0 Å². The van der Waals surface area contributed by atoms with E-state index < -0.39 is 0 Å². The van der Waals surface area contributed by atoms with Crippen molar-refractivity contribution in [3.05, 3.63) is 34.6 Å². The van der Waals surface area contributed by atoms with Crippen molar-refractivity contribution in [1.82, 2.24) is 5.32 Å². The highest BCUT2D eigenvalue weighted by atomic mass is 35.5. The second-order valence-corrected chi connectivity index (χ2v) is 5.90. The predicted molar refractivity (Wildman–Crippen MR) is 86.0 cm³/mol. The van der Waals surface area contributed by atoms with Gasteiger partial charge in [0.2, 0.25) is 0 Å². The summed E-state index contributed by atoms with van der Waals surface area (Å²) in [5.41, 5.74) is 1.10. The van der Waals surface area contributed by atoms with Crippen molar-refractivity contribution in [3.63, 3.8) is 0 Å². The van der Waals surface area contributed by atoms with Gasteiger partial charge in [0.25, 0.3) is 0 Å². The summed E-state index contributed by atoms with van der Waals surface area (Å²) >= 11 is 5.82. The fourth-order valence-electron chi connectivity index (χ4n) is 2.47. The highest BCUT2D eigenvalue weighted by molar-refractivity contribution is 6.30. The first-order valence-corrected chi connectivity index (χ1v) is 8.16. The lowest BCUT2D eigenvalue weighted by molar-refractivity contribution is 0.479. The predicted octanol–water partition coefficient (Wildman–Crippen LogP) is 5.36. The molecule has 0 radical (unpaired) electrons. The van der Waals surface area contributed by atoms with E-state index in [0.717, 1.165) is 18.4 Å². The summed E-state index contributed by atoms with van der Waals surface area (Å²) in [6.07, 6.45) is 9.98. The minimum atomic E-state index is -0.340. The highest BCUT2D eigenvalue weighted by Crippen LogP contribution is 2.18. The lowest BCUT2D eigenvalue weighted by Crippen LogP contribution is -2.27. The van der Waals surface area contributed by atoms with Crippen LogP contribution >= 0.6 is 11.6 Å². The summed E-state index contributed by atoms with van der Waals surface area (Å²) in [7, 11) is 1.99. The molecule has 0 bridgehead atoms. The highest BCUT2D eigenvalue weighted by Gasteiger charge is 2.08. The minimum absolute atomic E-state index is 0.219. The van der Waals surface area contributed by atoms with Crippen LogP contribution in [0, 0.1) is 5.82 Å². The summed E-state index contributed by atoms with van der Waals surface area (Å²) < 4.78 is 13.1. The molecule has 1 aromatic carbocycles. The molecule has 0 heterocycles. The molecule has 0 spiro atoms. The molecule has 0 aliphatic rings. The molecule has 0 aliphatic carbocycles. The van der Waals surface area contributed by atoms with Crippen LogP contribution in [-0.4, -0.2) is 13.1 Å². The third-order valence-corrected chi connectivity index (χ3v) is 4.07. The van der Waals surface area contributed by atoms with Gasteiger partial charge in [-0.1, -0.05) is 63.1 Å². The second kappa shape index (κ2) is 10.2. The zero-order valence-electron chi connectivity index (χ0n) is 12.7. The number of halogens is 2. The van der Waals surface area contributed by atoms with Crippen LogP contribution in [0.15, 0.2) is 18.2 Å². The lowest BCUT2D eigenvalue weighted by atomic mass is 9.99. The molecule has 3 heteroatoms. The number of likely N-dealkylation sites (N-methyl/N-ethyl adjacent to an activating group) is 1. The molecular formula is C17H27ClFN. The molecule has 0 saturated carbocycles. The molecule has 114 valence electrons. The molecule has 1 atom stereocenters. The van der Waals surface area contributed by atoms with Gasteiger partial charge in [0.1, 0.15) is 5.82 Å². The maximum Gasteiger partial charge on any atom is 0.141 e. The fraction of sp³-hybridized carbons (Fsp3) is 0.647. The third kappa shape index (κ3) is 6.71.